The highest BCUT2D eigenvalue weighted by atomic mass is 16.7. The van der Waals surface area contributed by atoms with Gasteiger partial charge in [0.1, 0.15) is 0 Å². The zero-order chi connectivity index (χ0) is 7.82. The van der Waals surface area contributed by atoms with Gasteiger partial charge in [0.25, 0.3) is 0 Å². The van der Waals surface area contributed by atoms with Gasteiger partial charge < -0.3 is 14.6 Å². The molecular weight excluding hydrogens is 132 g/mol. The molecule has 0 heterocycles. The second kappa shape index (κ2) is 6.74. The third-order valence-electron chi connectivity index (χ3n) is 1.13. The summed E-state index contributed by atoms with van der Waals surface area (Å²) in [5.74, 6) is 0. The minimum absolute atomic E-state index is 0.0696. The van der Waals surface area contributed by atoms with Crippen molar-refractivity contribution in [2.24, 2.45) is 0 Å². The molecule has 0 saturated carbocycles. The van der Waals surface area contributed by atoms with E-state index >= 15 is 0 Å². The third kappa shape index (κ3) is 4.49. The van der Waals surface area contributed by atoms with E-state index in [0.29, 0.717) is 6.42 Å². The van der Waals surface area contributed by atoms with Gasteiger partial charge in [-0.3, -0.25) is 0 Å². The average molecular weight is 146 g/mol. The van der Waals surface area contributed by atoms with Gasteiger partial charge >= 0.3 is 0 Å². The lowest BCUT2D eigenvalue weighted by Crippen LogP contribution is -2.10. The first-order valence-corrected chi connectivity index (χ1v) is 3.16. The van der Waals surface area contributed by atoms with E-state index < -0.39 is 0 Å². The maximum absolute atomic E-state index is 8.36. The number of methoxy groups -OCH3 is 2. The Labute approximate surface area is 61.3 Å². The highest BCUT2D eigenvalue weighted by molar-refractivity contribution is 4.81. The first-order valence-electron chi connectivity index (χ1n) is 3.16. The van der Waals surface area contributed by atoms with Crippen LogP contribution in [0, 0.1) is 0 Å². The van der Waals surface area contributed by atoms with E-state index in [4.69, 9.17) is 14.6 Å². The molecule has 0 aliphatic heterocycles. The largest absolute Gasteiger partial charge is 0.392 e. The van der Waals surface area contributed by atoms with Gasteiger partial charge in [0.15, 0.2) is 6.29 Å². The van der Waals surface area contributed by atoms with Crippen molar-refractivity contribution in [2.75, 3.05) is 20.8 Å². The molecule has 0 spiro atoms. The van der Waals surface area contributed by atoms with Gasteiger partial charge in [0.2, 0.25) is 0 Å². The maximum Gasteiger partial charge on any atom is 0.160 e. The molecule has 0 bridgehead atoms. The Morgan fingerprint density at radius 3 is 2.30 bits per heavy atom. The van der Waals surface area contributed by atoms with Crippen LogP contribution in [0.2, 0.25) is 0 Å². The Morgan fingerprint density at radius 2 is 1.90 bits per heavy atom. The molecule has 10 heavy (non-hydrogen) atoms. The molecule has 0 saturated heterocycles. The van der Waals surface area contributed by atoms with Crippen molar-refractivity contribution in [3.63, 3.8) is 0 Å². The summed E-state index contributed by atoms with van der Waals surface area (Å²) in [5, 5.41) is 8.36. The lowest BCUT2D eigenvalue weighted by atomic mass is 10.4. The minimum Gasteiger partial charge on any atom is -0.392 e. The molecule has 0 radical (unpaired) electrons. The first-order chi connectivity index (χ1) is 4.85. The smallest absolute Gasteiger partial charge is 0.160 e. The van der Waals surface area contributed by atoms with Crippen LogP contribution in [-0.2, 0) is 9.47 Å². The number of aliphatic hydroxyl groups excluding tert-OH is 1. The molecule has 60 valence electrons. The van der Waals surface area contributed by atoms with Crippen LogP contribution in [0.4, 0.5) is 0 Å². The quantitative estimate of drug-likeness (QED) is 0.454. The second-order valence-electron chi connectivity index (χ2n) is 1.79. The van der Waals surface area contributed by atoms with Crippen molar-refractivity contribution in [3.8, 4) is 0 Å². The normalized spacial score (nSPS) is 11.6. The summed E-state index contributed by atoms with van der Waals surface area (Å²) in [4.78, 5) is 0. The van der Waals surface area contributed by atoms with Crippen molar-refractivity contribution in [2.45, 2.75) is 12.7 Å². The Morgan fingerprint density at radius 1 is 1.30 bits per heavy atom. The zero-order valence-electron chi connectivity index (χ0n) is 6.41. The van der Waals surface area contributed by atoms with Gasteiger partial charge in [-0.25, -0.2) is 0 Å². The molecular formula is C7H14O3. The lowest BCUT2D eigenvalue weighted by Gasteiger charge is -2.09. The molecule has 0 atom stereocenters. The second-order valence-corrected chi connectivity index (χ2v) is 1.79. The van der Waals surface area contributed by atoms with Crippen LogP contribution in [0.25, 0.3) is 0 Å². The molecule has 0 rings (SSSR count). The van der Waals surface area contributed by atoms with Crippen LogP contribution in [-0.4, -0.2) is 32.2 Å². The topological polar surface area (TPSA) is 38.7 Å². The molecule has 0 aliphatic carbocycles. The number of hydrogen-bond acceptors (Lipinski definition) is 3. The van der Waals surface area contributed by atoms with Crippen LogP contribution < -0.4 is 0 Å². The van der Waals surface area contributed by atoms with E-state index in [9.17, 15) is 0 Å². The van der Waals surface area contributed by atoms with Crippen molar-refractivity contribution in [3.05, 3.63) is 12.2 Å². The number of ether oxygens (including phenoxy) is 2. The Hall–Kier alpha value is -0.380. The van der Waals surface area contributed by atoms with Gasteiger partial charge in [-0.1, -0.05) is 12.2 Å². The van der Waals surface area contributed by atoms with Crippen LogP contribution in [0.1, 0.15) is 6.42 Å². The Bertz CT molecular complexity index is 86.9. The Kier molecular flexibility index (Phi) is 6.48. The predicted octanol–water partition coefficient (Wildman–Crippen LogP) is 0.544. The fourth-order valence-corrected chi connectivity index (χ4v) is 0.571. The van der Waals surface area contributed by atoms with Gasteiger partial charge in [-0.15, -0.1) is 0 Å². The Balaban J connectivity index is 3.34. The summed E-state index contributed by atoms with van der Waals surface area (Å²) in [5.41, 5.74) is 0. The SMILES string of the molecule is COC(CC=CCO)OC. The van der Waals surface area contributed by atoms with E-state index in [-0.39, 0.29) is 12.9 Å². The van der Waals surface area contributed by atoms with Crippen molar-refractivity contribution < 1.29 is 14.6 Å². The summed E-state index contributed by atoms with van der Waals surface area (Å²) >= 11 is 0. The van der Waals surface area contributed by atoms with E-state index in [1.165, 1.54) is 0 Å². The molecule has 0 aromatic heterocycles. The van der Waals surface area contributed by atoms with E-state index in [1.807, 2.05) is 6.08 Å². The van der Waals surface area contributed by atoms with Crippen LogP contribution >= 0.6 is 0 Å². The zero-order valence-corrected chi connectivity index (χ0v) is 6.41. The third-order valence-corrected chi connectivity index (χ3v) is 1.13. The molecule has 0 amide bonds. The summed E-state index contributed by atoms with van der Waals surface area (Å²) in [6.45, 7) is 0.0696. The van der Waals surface area contributed by atoms with Gasteiger partial charge in [-0.2, -0.15) is 0 Å². The van der Waals surface area contributed by atoms with E-state index in [1.54, 1.807) is 20.3 Å². The summed E-state index contributed by atoms with van der Waals surface area (Å²) in [6.07, 6.45) is 3.96. The fraction of sp³-hybridized carbons (Fsp3) is 0.714. The number of rotatable bonds is 5. The van der Waals surface area contributed by atoms with Crippen LogP contribution in [0.15, 0.2) is 12.2 Å². The van der Waals surface area contributed by atoms with Gasteiger partial charge in [0, 0.05) is 20.6 Å². The highest BCUT2D eigenvalue weighted by Gasteiger charge is 1.99. The van der Waals surface area contributed by atoms with Gasteiger partial charge in [-0.05, 0) is 0 Å². The summed E-state index contributed by atoms with van der Waals surface area (Å²) in [6, 6.07) is 0. The molecule has 0 aromatic carbocycles. The average Bonchev–Trinajstić information content (AvgIpc) is 1.99. The highest BCUT2D eigenvalue weighted by Crippen LogP contribution is 1.97. The monoisotopic (exact) mass is 146 g/mol. The fourth-order valence-electron chi connectivity index (χ4n) is 0.571. The van der Waals surface area contributed by atoms with Crippen molar-refractivity contribution >= 4 is 0 Å². The van der Waals surface area contributed by atoms with Crippen molar-refractivity contribution in [1.82, 2.24) is 0 Å². The molecule has 0 fully saturated rings. The van der Waals surface area contributed by atoms with E-state index in [2.05, 4.69) is 0 Å². The summed E-state index contributed by atoms with van der Waals surface area (Å²) in [7, 11) is 3.17. The standard InChI is InChI=1S/C7H14O3/c1-9-7(10-2)5-3-4-6-8/h3-4,7-8H,5-6H2,1-2H3. The molecule has 0 aromatic rings. The molecule has 1 N–H and O–H groups in total. The van der Waals surface area contributed by atoms with Crippen LogP contribution in [0.5, 0.6) is 0 Å². The molecule has 3 heteroatoms. The van der Waals surface area contributed by atoms with E-state index in [0.717, 1.165) is 0 Å². The number of aliphatic hydroxyl groups is 1. The minimum atomic E-state index is -0.192. The van der Waals surface area contributed by atoms with Crippen LogP contribution in [0.3, 0.4) is 0 Å². The molecule has 0 aliphatic rings. The number of hydrogen-bond donors (Lipinski definition) is 1. The van der Waals surface area contributed by atoms with Gasteiger partial charge in [0.05, 0.1) is 6.61 Å². The van der Waals surface area contributed by atoms with Crippen molar-refractivity contribution in [1.29, 1.82) is 0 Å². The lowest BCUT2D eigenvalue weighted by molar-refractivity contribution is -0.0986. The molecule has 0 unspecified atom stereocenters. The maximum atomic E-state index is 8.36. The predicted molar refractivity (Wildman–Crippen MR) is 38.6 cm³/mol. The summed E-state index contributed by atoms with van der Waals surface area (Å²) < 4.78 is 9.78. The first kappa shape index (κ1) is 9.62. The molecule has 3 nitrogen and oxygen atoms in total.